The Kier molecular flexibility index (Phi) is 5.76. The van der Waals surface area contributed by atoms with Gasteiger partial charge >= 0.3 is 0 Å². The Labute approximate surface area is 118 Å². The lowest BCUT2D eigenvalue weighted by atomic mass is 10.1. The van der Waals surface area contributed by atoms with Crippen LogP contribution in [0, 0.1) is 12.7 Å². The highest BCUT2D eigenvalue weighted by molar-refractivity contribution is 5.30. The van der Waals surface area contributed by atoms with Crippen LogP contribution in [0.2, 0.25) is 0 Å². The van der Waals surface area contributed by atoms with E-state index in [9.17, 15) is 9.50 Å². The predicted octanol–water partition coefficient (Wildman–Crippen LogP) is 2.07. The molecule has 0 saturated carbocycles. The maximum absolute atomic E-state index is 13.7. The molecular formula is C15H21FO4. The average molecular weight is 284 g/mol. The van der Waals surface area contributed by atoms with Crippen LogP contribution >= 0.6 is 0 Å². The van der Waals surface area contributed by atoms with Gasteiger partial charge in [-0.3, -0.25) is 0 Å². The van der Waals surface area contributed by atoms with Gasteiger partial charge in [-0.15, -0.1) is 0 Å². The Balaban J connectivity index is 1.71. The Morgan fingerprint density at radius 3 is 2.85 bits per heavy atom. The molecule has 0 bridgehead atoms. The summed E-state index contributed by atoms with van der Waals surface area (Å²) in [5.41, 5.74) is 0.524. The van der Waals surface area contributed by atoms with Crippen LogP contribution in [0.4, 0.5) is 4.39 Å². The van der Waals surface area contributed by atoms with Crippen molar-refractivity contribution in [2.24, 2.45) is 0 Å². The monoisotopic (exact) mass is 284 g/mol. The van der Waals surface area contributed by atoms with E-state index >= 15 is 0 Å². The van der Waals surface area contributed by atoms with Crippen molar-refractivity contribution in [2.75, 3.05) is 26.4 Å². The van der Waals surface area contributed by atoms with Crippen molar-refractivity contribution < 1.29 is 23.7 Å². The summed E-state index contributed by atoms with van der Waals surface area (Å²) >= 11 is 0. The molecule has 4 nitrogen and oxygen atoms in total. The number of rotatable bonds is 6. The summed E-state index contributed by atoms with van der Waals surface area (Å²) in [4.78, 5) is 0. The number of ether oxygens (including phenoxy) is 3. The summed E-state index contributed by atoms with van der Waals surface area (Å²) in [6.07, 6.45) is 1.06. The smallest absolute Gasteiger partial charge is 0.167 e. The van der Waals surface area contributed by atoms with Gasteiger partial charge in [0.25, 0.3) is 0 Å². The van der Waals surface area contributed by atoms with E-state index < -0.39 is 6.10 Å². The molecule has 1 aliphatic heterocycles. The molecule has 0 amide bonds. The molecule has 2 rings (SSSR count). The molecule has 1 aromatic carbocycles. The first-order valence-corrected chi connectivity index (χ1v) is 6.92. The van der Waals surface area contributed by atoms with Crippen molar-refractivity contribution in [1.82, 2.24) is 0 Å². The minimum absolute atomic E-state index is 0.0175. The lowest BCUT2D eigenvalue weighted by Gasteiger charge is -2.23. The van der Waals surface area contributed by atoms with Gasteiger partial charge in [-0.2, -0.15) is 0 Å². The second-order valence-corrected chi connectivity index (χ2v) is 5.00. The van der Waals surface area contributed by atoms with Gasteiger partial charge in [-0.25, -0.2) is 4.39 Å². The molecule has 0 spiro atoms. The number of aryl methyl sites for hydroxylation is 1. The fraction of sp³-hybridized carbons (Fsp3) is 0.600. The van der Waals surface area contributed by atoms with E-state index in [0.29, 0.717) is 18.8 Å². The molecular weight excluding hydrogens is 263 g/mol. The summed E-state index contributed by atoms with van der Waals surface area (Å²) in [5, 5.41) is 9.80. The van der Waals surface area contributed by atoms with Gasteiger partial charge in [0.2, 0.25) is 0 Å². The van der Waals surface area contributed by atoms with E-state index in [2.05, 4.69) is 0 Å². The van der Waals surface area contributed by atoms with Gasteiger partial charge in [0.15, 0.2) is 11.6 Å². The third-order valence-corrected chi connectivity index (χ3v) is 3.28. The van der Waals surface area contributed by atoms with Crippen LogP contribution in [0.15, 0.2) is 18.2 Å². The van der Waals surface area contributed by atoms with E-state index in [-0.39, 0.29) is 30.9 Å². The van der Waals surface area contributed by atoms with Crippen molar-refractivity contribution in [3.63, 3.8) is 0 Å². The van der Waals surface area contributed by atoms with E-state index in [1.165, 1.54) is 0 Å². The highest BCUT2D eigenvalue weighted by Gasteiger charge is 2.16. The third kappa shape index (κ3) is 4.44. The van der Waals surface area contributed by atoms with Gasteiger partial charge < -0.3 is 19.3 Å². The number of benzene rings is 1. The fourth-order valence-electron chi connectivity index (χ4n) is 2.06. The van der Waals surface area contributed by atoms with Crippen molar-refractivity contribution in [3.8, 4) is 5.75 Å². The summed E-state index contributed by atoms with van der Waals surface area (Å²) in [6, 6.07) is 4.94. The van der Waals surface area contributed by atoms with Crippen molar-refractivity contribution in [3.05, 3.63) is 29.6 Å². The molecule has 5 heteroatoms. The van der Waals surface area contributed by atoms with Gasteiger partial charge in [0, 0.05) is 13.2 Å². The largest absolute Gasteiger partial charge is 0.488 e. The minimum Gasteiger partial charge on any atom is -0.488 e. The molecule has 0 aliphatic carbocycles. The molecule has 0 unspecified atom stereocenters. The number of aliphatic hydroxyl groups is 1. The van der Waals surface area contributed by atoms with Crippen LogP contribution in [0.5, 0.6) is 5.75 Å². The number of hydrogen-bond donors (Lipinski definition) is 1. The second-order valence-electron chi connectivity index (χ2n) is 5.00. The second kappa shape index (κ2) is 7.57. The maximum atomic E-state index is 13.7. The summed E-state index contributed by atoms with van der Waals surface area (Å²) in [7, 11) is 0. The highest BCUT2D eigenvalue weighted by atomic mass is 19.1. The minimum atomic E-state index is -0.766. The Hall–Kier alpha value is -1.17. The quantitative estimate of drug-likeness (QED) is 0.869. The van der Waals surface area contributed by atoms with Gasteiger partial charge in [0.05, 0.1) is 12.7 Å². The van der Waals surface area contributed by atoms with Crippen LogP contribution < -0.4 is 4.74 Å². The van der Waals surface area contributed by atoms with E-state index in [0.717, 1.165) is 12.8 Å². The zero-order valence-electron chi connectivity index (χ0n) is 11.7. The molecule has 1 atom stereocenters. The average Bonchev–Trinajstić information content (AvgIpc) is 2.48. The Bertz CT molecular complexity index is 418. The van der Waals surface area contributed by atoms with Crippen LogP contribution in [0.1, 0.15) is 18.4 Å². The molecule has 1 N–H and O–H groups in total. The molecule has 1 fully saturated rings. The molecule has 112 valence electrons. The zero-order chi connectivity index (χ0) is 14.4. The normalized spacial score (nSPS) is 17.9. The first-order chi connectivity index (χ1) is 9.66. The number of halogens is 1. The molecule has 0 radical (unpaired) electrons. The van der Waals surface area contributed by atoms with Crippen LogP contribution in [-0.2, 0) is 9.47 Å². The van der Waals surface area contributed by atoms with Crippen LogP contribution in [-0.4, -0.2) is 43.7 Å². The highest BCUT2D eigenvalue weighted by Crippen LogP contribution is 2.19. The molecule has 20 heavy (non-hydrogen) atoms. The number of aliphatic hydroxyl groups excluding tert-OH is 1. The van der Waals surface area contributed by atoms with E-state index in [1.807, 2.05) is 0 Å². The Morgan fingerprint density at radius 1 is 1.35 bits per heavy atom. The number of hydrogen-bond acceptors (Lipinski definition) is 4. The lowest BCUT2D eigenvalue weighted by Crippen LogP contribution is -2.30. The molecule has 1 heterocycles. The maximum Gasteiger partial charge on any atom is 0.167 e. The van der Waals surface area contributed by atoms with Crippen LogP contribution in [0.3, 0.4) is 0 Å². The topological polar surface area (TPSA) is 47.9 Å². The summed E-state index contributed by atoms with van der Waals surface area (Å²) in [5.74, 6) is -0.222. The van der Waals surface area contributed by atoms with Gasteiger partial charge in [0.1, 0.15) is 12.7 Å². The first-order valence-electron chi connectivity index (χ1n) is 6.92. The van der Waals surface area contributed by atoms with Crippen LogP contribution in [0.25, 0.3) is 0 Å². The van der Waals surface area contributed by atoms with E-state index in [1.54, 1.807) is 25.1 Å². The molecule has 1 aromatic rings. The zero-order valence-corrected chi connectivity index (χ0v) is 11.7. The molecule has 0 aromatic heterocycles. The Morgan fingerprint density at radius 2 is 2.10 bits per heavy atom. The van der Waals surface area contributed by atoms with E-state index in [4.69, 9.17) is 14.2 Å². The van der Waals surface area contributed by atoms with Gasteiger partial charge in [-0.1, -0.05) is 12.1 Å². The summed E-state index contributed by atoms with van der Waals surface area (Å²) < 4.78 is 29.8. The standard InChI is InChI=1S/C15H21FO4/c1-11-3-2-4-14(15(11)16)20-10-12(17)9-19-13-5-7-18-8-6-13/h2-4,12-13,17H,5-10H2,1H3/t12-/m1/s1. The van der Waals surface area contributed by atoms with Crippen molar-refractivity contribution >= 4 is 0 Å². The first kappa shape index (κ1) is 15.2. The SMILES string of the molecule is Cc1cccc(OC[C@H](O)COC2CCOCC2)c1F. The van der Waals surface area contributed by atoms with Crippen molar-refractivity contribution in [2.45, 2.75) is 32.0 Å². The third-order valence-electron chi connectivity index (χ3n) is 3.28. The predicted molar refractivity (Wildman–Crippen MR) is 72.4 cm³/mol. The lowest BCUT2D eigenvalue weighted by molar-refractivity contribution is -0.0661. The molecule has 1 aliphatic rings. The molecule has 1 saturated heterocycles. The van der Waals surface area contributed by atoms with Gasteiger partial charge in [-0.05, 0) is 31.4 Å². The van der Waals surface area contributed by atoms with Crippen molar-refractivity contribution in [1.29, 1.82) is 0 Å². The fourth-order valence-corrected chi connectivity index (χ4v) is 2.06. The summed E-state index contributed by atoms with van der Waals surface area (Å²) in [6.45, 7) is 3.28.